The van der Waals surface area contributed by atoms with E-state index in [1.807, 2.05) is 9.80 Å². The van der Waals surface area contributed by atoms with Gasteiger partial charge in [0.1, 0.15) is 0 Å². The van der Waals surface area contributed by atoms with Gasteiger partial charge in [-0.3, -0.25) is 20.3 Å². The maximum atomic E-state index is 13.1. The lowest BCUT2D eigenvalue weighted by Crippen LogP contribution is -2.57. The van der Waals surface area contributed by atoms with Crippen molar-refractivity contribution in [2.24, 2.45) is 17.8 Å². The third-order valence-electron chi connectivity index (χ3n) is 8.24. The lowest BCUT2D eigenvalue weighted by Gasteiger charge is -2.43. The van der Waals surface area contributed by atoms with Crippen molar-refractivity contribution >= 4 is 11.8 Å². The minimum absolute atomic E-state index is 0.199. The zero-order valence-corrected chi connectivity index (χ0v) is 17.7. The van der Waals surface area contributed by atoms with Crippen LogP contribution in [-0.4, -0.2) is 78.1 Å². The molecule has 0 aromatic heterocycles. The highest BCUT2D eigenvalue weighted by atomic mass is 16.2. The first-order valence-electron chi connectivity index (χ1n) is 12.0. The Bertz CT molecular complexity index is 608. The monoisotopic (exact) mass is 403 g/mol. The first-order valence-corrected chi connectivity index (χ1v) is 12.0. The van der Waals surface area contributed by atoms with Crippen LogP contribution in [0.3, 0.4) is 0 Å². The first-order chi connectivity index (χ1) is 14.2. The molecular weight excluding hydrogens is 366 g/mol. The van der Waals surface area contributed by atoms with Gasteiger partial charge in [-0.15, -0.1) is 0 Å². The van der Waals surface area contributed by atoms with E-state index in [4.69, 9.17) is 0 Å². The van der Waals surface area contributed by atoms with Crippen molar-refractivity contribution in [1.82, 2.24) is 25.6 Å². The van der Waals surface area contributed by atoms with E-state index in [1.165, 1.54) is 32.1 Å². The van der Waals surface area contributed by atoms with Crippen LogP contribution in [-0.2, 0) is 9.59 Å². The quantitative estimate of drug-likeness (QED) is 0.740. The molecule has 2 saturated carbocycles. The Labute approximate surface area is 174 Å². The molecule has 2 unspecified atom stereocenters. The molecule has 2 amide bonds. The van der Waals surface area contributed by atoms with E-state index in [2.05, 4.69) is 15.8 Å². The van der Waals surface area contributed by atoms with Gasteiger partial charge in [0.2, 0.25) is 11.8 Å². The third-order valence-corrected chi connectivity index (χ3v) is 8.24. The van der Waals surface area contributed by atoms with E-state index < -0.39 is 0 Å². The molecule has 5 fully saturated rings. The van der Waals surface area contributed by atoms with Gasteiger partial charge in [-0.1, -0.05) is 6.42 Å². The molecule has 3 aliphatic heterocycles. The van der Waals surface area contributed by atoms with Gasteiger partial charge in [0.25, 0.3) is 0 Å². The number of hydrazine groups is 1. The van der Waals surface area contributed by atoms with Crippen LogP contribution >= 0.6 is 0 Å². The van der Waals surface area contributed by atoms with Crippen LogP contribution in [0.2, 0.25) is 0 Å². The predicted octanol–water partition coefficient (Wildman–Crippen LogP) is 1.16. The molecule has 3 heterocycles. The maximum Gasteiger partial charge on any atom is 0.225 e. The number of carbonyl (C=O) groups excluding carboxylic acids is 2. The standard InChI is InChI=1S/C22H37N5O2/c28-21(17-2-1-3-17)25-12-14-26(15-13-25)22(29)18-6-4-16(5-7-18)19-8-9-20-23-10-11-27(20)24-19/h16-20,23-24H,1-15H2. The van der Waals surface area contributed by atoms with E-state index in [1.54, 1.807) is 0 Å². The summed E-state index contributed by atoms with van der Waals surface area (Å²) in [6, 6.07) is 0.586. The molecule has 29 heavy (non-hydrogen) atoms. The molecule has 0 radical (unpaired) electrons. The van der Waals surface area contributed by atoms with Gasteiger partial charge >= 0.3 is 0 Å². The normalized spacial score (nSPS) is 36.6. The number of fused-ring (bicyclic) bond motifs is 1. The molecule has 5 rings (SSSR count). The topological polar surface area (TPSA) is 67.9 Å². The van der Waals surface area contributed by atoms with E-state index in [-0.39, 0.29) is 11.8 Å². The SMILES string of the molecule is O=C(C1CCC1)N1CCN(C(=O)C2CCC(C3CCC4NCCN4N3)CC2)CC1. The molecule has 0 bridgehead atoms. The van der Waals surface area contributed by atoms with Gasteiger partial charge < -0.3 is 9.80 Å². The second kappa shape index (κ2) is 8.52. The molecule has 5 aliphatic rings. The maximum absolute atomic E-state index is 13.1. The average molecular weight is 404 g/mol. The fraction of sp³-hybridized carbons (Fsp3) is 0.909. The lowest BCUT2D eigenvalue weighted by atomic mass is 9.76. The Morgan fingerprint density at radius 1 is 0.690 bits per heavy atom. The van der Waals surface area contributed by atoms with E-state index in [0.717, 1.165) is 65.0 Å². The molecule has 0 aromatic rings. The summed E-state index contributed by atoms with van der Waals surface area (Å²) in [4.78, 5) is 29.5. The second-order valence-corrected chi connectivity index (χ2v) is 9.87. The van der Waals surface area contributed by atoms with Crippen LogP contribution in [0.25, 0.3) is 0 Å². The number of amides is 2. The minimum atomic E-state index is 0.199. The summed E-state index contributed by atoms with van der Waals surface area (Å²) in [6.45, 7) is 5.10. The van der Waals surface area contributed by atoms with Gasteiger partial charge in [0.05, 0.1) is 6.17 Å². The summed E-state index contributed by atoms with van der Waals surface area (Å²) in [5.41, 5.74) is 3.76. The second-order valence-electron chi connectivity index (χ2n) is 9.87. The van der Waals surface area contributed by atoms with Crippen molar-refractivity contribution < 1.29 is 9.59 Å². The van der Waals surface area contributed by atoms with Gasteiger partial charge in [0, 0.05) is 57.1 Å². The summed E-state index contributed by atoms with van der Waals surface area (Å²) in [7, 11) is 0. The first kappa shape index (κ1) is 19.8. The molecule has 3 saturated heterocycles. The molecule has 7 heteroatoms. The minimum Gasteiger partial charge on any atom is -0.339 e. The summed E-state index contributed by atoms with van der Waals surface area (Å²) in [5, 5.41) is 5.95. The zero-order valence-electron chi connectivity index (χ0n) is 17.7. The van der Waals surface area contributed by atoms with Crippen LogP contribution in [0, 0.1) is 17.8 Å². The van der Waals surface area contributed by atoms with Crippen molar-refractivity contribution in [3.8, 4) is 0 Å². The Morgan fingerprint density at radius 2 is 1.31 bits per heavy atom. The van der Waals surface area contributed by atoms with Gasteiger partial charge in [-0.25, -0.2) is 5.01 Å². The van der Waals surface area contributed by atoms with Gasteiger partial charge in [0.15, 0.2) is 0 Å². The molecule has 2 N–H and O–H groups in total. The van der Waals surface area contributed by atoms with Crippen molar-refractivity contribution in [2.75, 3.05) is 39.3 Å². The number of nitrogens with zero attached hydrogens (tertiary/aromatic N) is 3. The Balaban J connectivity index is 1.06. The molecule has 7 nitrogen and oxygen atoms in total. The van der Waals surface area contributed by atoms with Crippen LogP contribution < -0.4 is 10.7 Å². The van der Waals surface area contributed by atoms with E-state index in [0.29, 0.717) is 29.9 Å². The number of piperazine rings is 1. The molecule has 162 valence electrons. The molecule has 2 atom stereocenters. The van der Waals surface area contributed by atoms with Gasteiger partial charge in [-0.05, 0) is 57.3 Å². The summed E-state index contributed by atoms with van der Waals surface area (Å²) < 4.78 is 0. The molecular formula is C22H37N5O2. The summed E-state index contributed by atoms with van der Waals surface area (Å²) >= 11 is 0. The number of hydrogen-bond acceptors (Lipinski definition) is 5. The lowest BCUT2D eigenvalue weighted by molar-refractivity contribution is -0.146. The number of rotatable bonds is 3. The van der Waals surface area contributed by atoms with Crippen LogP contribution in [0.4, 0.5) is 0 Å². The largest absolute Gasteiger partial charge is 0.339 e. The van der Waals surface area contributed by atoms with Crippen molar-refractivity contribution in [3.05, 3.63) is 0 Å². The van der Waals surface area contributed by atoms with Gasteiger partial charge in [-0.2, -0.15) is 0 Å². The fourth-order valence-electron chi connectivity index (χ4n) is 6.07. The Hall–Kier alpha value is -1.18. The number of hydrogen-bond donors (Lipinski definition) is 2. The smallest absolute Gasteiger partial charge is 0.225 e. The van der Waals surface area contributed by atoms with E-state index in [9.17, 15) is 9.59 Å². The van der Waals surface area contributed by atoms with Crippen LogP contribution in [0.15, 0.2) is 0 Å². The molecule has 2 aliphatic carbocycles. The highest BCUT2D eigenvalue weighted by Gasteiger charge is 2.38. The Morgan fingerprint density at radius 3 is 1.90 bits per heavy atom. The average Bonchev–Trinajstić information content (AvgIpc) is 3.20. The Kier molecular flexibility index (Phi) is 5.80. The third kappa shape index (κ3) is 4.06. The van der Waals surface area contributed by atoms with Crippen molar-refractivity contribution in [1.29, 1.82) is 0 Å². The molecule has 0 aromatic carbocycles. The number of nitrogens with one attached hydrogen (secondary N) is 2. The number of carbonyl (C=O) groups is 2. The van der Waals surface area contributed by atoms with Crippen molar-refractivity contribution in [3.63, 3.8) is 0 Å². The van der Waals surface area contributed by atoms with Crippen molar-refractivity contribution in [2.45, 2.75) is 70.0 Å². The highest BCUT2D eigenvalue weighted by Crippen LogP contribution is 2.35. The van der Waals surface area contributed by atoms with E-state index >= 15 is 0 Å². The fourth-order valence-corrected chi connectivity index (χ4v) is 6.07. The summed E-state index contributed by atoms with van der Waals surface area (Å²) in [6.07, 6.45) is 10.7. The highest BCUT2D eigenvalue weighted by molar-refractivity contribution is 5.81. The predicted molar refractivity (Wildman–Crippen MR) is 111 cm³/mol. The van der Waals surface area contributed by atoms with Crippen LogP contribution in [0.1, 0.15) is 57.8 Å². The zero-order chi connectivity index (χ0) is 19.8. The molecule has 0 spiro atoms. The summed E-state index contributed by atoms with van der Waals surface area (Å²) in [5.74, 6) is 1.86. The van der Waals surface area contributed by atoms with Crippen LogP contribution in [0.5, 0.6) is 0 Å².